The molecule has 0 radical (unpaired) electrons. The highest BCUT2D eigenvalue weighted by Crippen LogP contribution is 2.08. The first-order chi connectivity index (χ1) is 16.3. The number of carbonyl (C=O) groups is 4. The number of unbranched alkanes of at least 4 members (excludes halogenated alkanes) is 10. The summed E-state index contributed by atoms with van der Waals surface area (Å²) in [7, 11) is 0. The van der Waals surface area contributed by atoms with Gasteiger partial charge in [-0.15, -0.1) is 0 Å². The lowest BCUT2D eigenvalue weighted by molar-refractivity contribution is -0.169. The quantitative estimate of drug-likeness (QED) is 0.120. The predicted octanol–water partition coefficient (Wildman–Crippen LogP) is 5.44. The Morgan fingerprint density at radius 2 is 0.853 bits per heavy atom. The third-order valence-corrected chi connectivity index (χ3v) is 5.30. The molecule has 0 aliphatic rings. The van der Waals surface area contributed by atoms with Crippen LogP contribution in [0, 0.1) is 0 Å². The van der Waals surface area contributed by atoms with Gasteiger partial charge >= 0.3 is 23.9 Å². The van der Waals surface area contributed by atoms with Crippen LogP contribution in [0.1, 0.15) is 118 Å². The molecular weight excluding hydrogens is 440 g/mol. The van der Waals surface area contributed by atoms with Gasteiger partial charge in [-0.3, -0.25) is 9.59 Å². The lowest BCUT2D eigenvalue weighted by Gasteiger charge is -2.14. The number of rotatable bonds is 21. The summed E-state index contributed by atoms with van der Waals surface area (Å²) in [6, 6.07) is 0. The normalized spacial score (nSPS) is 12.5. The van der Waals surface area contributed by atoms with E-state index in [0.29, 0.717) is 13.2 Å². The molecule has 0 fully saturated rings. The molecule has 0 saturated heterocycles. The van der Waals surface area contributed by atoms with Crippen molar-refractivity contribution >= 4 is 23.9 Å². The minimum absolute atomic E-state index is 0.257. The van der Waals surface area contributed by atoms with E-state index in [1.54, 1.807) is 0 Å². The van der Waals surface area contributed by atoms with E-state index in [1.165, 1.54) is 52.4 Å². The Balaban J connectivity index is 3.91. The van der Waals surface area contributed by atoms with Crippen LogP contribution in [0.3, 0.4) is 0 Å². The lowest BCUT2D eigenvalue weighted by atomic mass is 10.1. The molecule has 0 aromatic heterocycles. The van der Waals surface area contributed by atoms with Crippen molar-refractivity contribution < 1.29 is 38.1 Å². The van der Waals surface area contributed by atoms with Gasteiger partial charge in [-0.1, -0.05) is 78.1 Å². The number of esters is 4. The first-order valence-corrected chi connectivity index (χ1v) is 13.0. The van der Waals surface area contributed by atoms with E-state index in [0.717, 1.165) is 38.5 Å². The van der Waals surface area contributed by atoms with Gasteiger partial charge in [0.2, 0.25) is 0 Å². The Labute approximate surface area is 205 Å². The number of carbonyl (C=O) groups excluding carboxylic acids is 4. The predicted molar refractivity (Wildman–Crippen MR) is 129 cm³/mol. The fourth-order valence-electron chi connectivity index (χ4n) is 3.16. The van der Waals surface area contributed by atoms with E-state index >= 15 is 0 Å². The summed E-state index contributed by atoms with van der Waals surface area (Å²) in [6.45, 7) is 7.77. The van der Waals surface area contributed by atoms with Gasteiger partial charge in [-0.25, -0.2) is 9.59 Å². The van der Waals surface area contributed by atoms with Gasteiger partial charge in [0.15, 0.2) is 12.2 Å². The van der Waals surface area contributed by atoms with Crippen molar-refractivity contribution in [3.8, 4) is 0 Å². The average molecular weight is 487 g/mol. The molecule has 0 aliphatic carbocycles. The molecule has 34 heavy (non-hydrogen) atoms. The Morgan fingerprint density at radius 3 is 1.21 bits per heavy atom. The number of hydrogen-bond acceptors (Lipinski definition) is 8. The molecule has 0 N–H and O–H groups in total. The van der Waals surface area contributed by atoms with Crippen LogP contribution in [0.5, 0.6) is 0 Å². The monoisotopic (exact) mass is 486 g/mol. The third-order valence-electron chi connectivity index (χ3n) is 5.30. The van der Waals surface area contributed by atoms with Crippen molar-refractivity contribution in [1.82, 2.24) is 0 Å². The second-order valence-corrected chi connectivity index (χ2v) is 8.63. The van der Waals surface area contributed by atoms with Crippen molar-refractivity contribution in [2.75, 3.05) is 13.2 Å². The minimum atomic E-state index is -1.04. The average Bonchev–Trinajstić information content (AvgIpc) is 2.81. The summed E-state index contributed by atoms with van der Waals surface area (Å²) >= 11 is 0. The van der Waals surface area contributed by atoms with Gasteiger partial charge in [0.25, 0.3) is 0 Å². The maximum Gasteiger partial charge on any atom is 0.347 e. The van der Waals surface area contributed by atoms with Crippen LogP contribution in [-0.4, -0.2) is 49.3 Å². The summed E-state index contributed by atoms with van der Waals surface area (Å²) in [5.74, 6) is -2.63. The second kappa shape index (κ2) is 21.4. The van der Waals surface area contributed by atoms with E-state index in [4.69, 9.17) is 18.9 Å². The highest BCUT2D eigenvalue weighted by Gasteiger charge is 2.22. The van der Waals surface area contributed by atoms with Crippen molar-refractivity contribution in [1.29, 1.82) is 0 Å². The second-order valence-electron chi connectivity index (χ2n) is 8.63. The van der Waals surface area contributed by atoms with E-state index in [-0.39, 0.29) is 12.8 Å². The van der Waals surface area contributed by atoms with Gasteiger partial charge < -0.3 is 18.9 Å². The molecule has 0 bridgehead atoms. The van der Waals surface area contributed by atoms with Gasteiger partial charge in [0, 0.05) is 0 Å². The standard InChI is InChI=1S/C26H46O8/c1-5-7-9-11-13-15-19-31-25(29)21(3)33-23(27)17-18-24(28)34-22(4)26(30)32-20-16-14-12-10-8-6-2/h21-22H,5-20H2,1-4H3/t21-,22+. The molecule has 0 heterocycles. The van der Waals surface area contributed by atoms with Crippen molar-refractivity contribution in [2.24, 2.45) is 0 Å². The summed E-state index contributed by atoms with van der Waals surface area (Å²) in [6.07, 6.45) is 10.3. The smallest absolute Gasteiger partial charge is 0.347 e. The van der Waals surface area contributed by atoms with Crippen LogP contribution in [0.15, 0.2) is 0 Å². The molecule has 8 heteroatoms. The molecule has 8 nitrogen and oxygen atoms in total. The molecule has 0 amide bonds. The van der Waals surface area contributed by atoms with Gasteiger partial charge in [0.05, 0.1) is 26.1 Å². The largest absolute Gasteiger partial charge is 0.463 e. The molecule has 0 aliphatic heterocycles. The van der Waals surface area contributed by atoms with E-state index in [9.17, 15) is 19.2 Å². The summed E-state index contributed by atoms with van der Waals surface area (Å²) < 4.78 is 20.3. The summed E-state index contributed by atoms with van der Waals surface area (Å²) in [5.41, 5.74) is 0. The third kappa shape index (κ3) is 18.3. The number of hydrogen-bond donors (Lipinski definition) is 0. The molecule has 0 unspecified atom stereocenters. The van der Waals surface area contributed by atoms with Gasteiger partial charge in [-0.05, 0) is 26.7 Å². The summed E-state index contributed by atoms with van der Waals surface area (Å²) in [4.78, 5) is 47.6. The molecule has 2 atom stereocenters. The maximum absolute atomic E-state index is 11.9. The highest BCUT2D eigenvalue weighted by molar-refractivity contribution is 5.83. The van der Waals surface area contributed by atoms with Crippen LogP contribution in [-0.2, 0) is 38.1 Å². The molecular formula is C26H46O8. The van der Waals surface area contributed by atoms with Crippen molar-refractivity contribution in [2.45, 2.75) is 130 Å². The van der Waals surface area contributed by atoms with E-state index in [2.05, 4.69) is 13.8 Å². The van der Waals surface area contributed by atoms with E-state index in [1.807, 2.05) is 0 Å². The summed E-state index contributed by atoms with van der Waals surface area (Å²) in [5, 5.41) is 0. The Hall–Kier alpha value is -2.12. The number of ether oxygens (including phenoxy) is 4. The zero-order valence-electron chi connectivity index (χ0n) is 21.7. The van der Waals surface area contributed by atoms with Gasteiger partial charge in [-0.2, -0.15) is 0 Å². The first-order valence-electron chi connectivity index (χ1n) is 13.0. The molecule has 198 valence electrons. The lowest BCUT2D eigenvalue weighted by Crippen LogP contribution is -2.28. The minimum Gasteiger partial charge on any atom is -0.463 e. The van der Waals surface area contributed by atoms with Crippen LogP contribution < -0.4 is 0 Å². The zero-order chi connectivity index (χ0) is 25.6. The van der Waals surface area contributed by atoms with Crippen LogP contribution >= 0.6 is 0 Å². The topological polar surface area (TPSA) is 105 Å². The van der Waals surface area contributed by atoms with Gasteiger partial charge in [0.1, 0.15) is 0 Å². The van der Waals surface area contributed by atoms with Crippen LogP contribution in [0.4, 0.5) is 0 Å². The molecule has 0 aromatic rings. The van der Waals surface area contributed by atoms with Crippen LogP contribution in [0.25, 0.3) is 0 Å². The maximum atomic E-state index is 11.9. The van der Waals surface area contributed by atoms with Crippen molar-refractivity contribution in [3.63, 3.8) is 0 Å². The highest BCUT2D eigenvalue weighted by atomic mass is 16.6. The SMILES string of the molecule is CCCCCCCCOC(=O)[C@H](C)OC(=O)CCC(=O)O[C@H](C)C(=O)OCCCCCCCC. The molecule has 0 rings (SSSR count). The zero-order valence-corrected chi connectivity index (χ0v) is 21.7. The van der Waals surface area contributed by atoms with Crippen molar-refractivity contribution in [3.05, 3.63) is 0 Å². The first kappa shape index (κ1) is 31.9. The fraction of sp³-hybridized carbons (Fsp3) is 0.846. The molecule has 0 aromatic carbocycles. The van der Waals surface area contributed by atoms with Crippen LogP contribution in [0.2, 0.25) is 0 Å². The Bertz CT molecular complexity index is 525. The van der Waals surface area contributed by atoms with E-state index < -0.39 is 36.1 Å². The molecule has 0 saturated carbocycles. The molecule has 0 spiro atoms. The Kier molecular flexibility index (Phi) is 20.1. The Morgan fingerprint density at radius 1 is 0.529 bits per heavy atom. The fourth-order valence-corrected chi connectivity index (χ4v) is 3.16.